The molecule has 2 N–H and O–H groups in total. The number of hydrogen-bond donors (Lipinski definition) is 2. The highest BCUT2D eigenvalue weighted by Gasteiger charge is 2.30. The highest BCUT2D eigenvalue weighted by atomic mass is 32.2. The van der Waals surface area contributed by atoms with Crippen LogP contribution in [-0.2, 0) is 11.8 Å². The first kappa shape index (κ1) is 19.7. The van der Waals surface area contributed by atoms with Crippen molar-refractivity contribution in [2.45, 2.75) is 23.5 Å². The van der Waals surface area contributed by atoms with Gasteiger partial charge in [0.15, 0.2) is 0 Å². The van der Waals surface area contributed by atoms with E-state index in [1.54, 1.807) is 11.9 Å². The molecule has 0 amide bonds. The van der Waals surface area contributed by atoms with Crippen LogP contribution in [0, 0.1) is 0 Å². The number of aryl methyl sites for hydroxylation is 1. The number of ether oxygens (including phenoxy) is 1. The van der Waals surface area contributed by atoms with Crippen molar-refractivity contribution in [1.29, 1.82) is 0 Å². The van der Waals surface area contributed by atoms with E-state index in [0.717, 1.165) is 26.1 Å². The molecule has 4 aromatic rings. The van der Waals surface area contributed by atoms with Crippen LogP contribution in [0.5, 0.6) is 0 Å². The smallest absolute Gasteiger partial charge is 0.0710 e. The van der Waals surface area contributed by atoms with Crippen LogP contribution in [0.25, 0.3) is 21.8 Å². The Balaban J connectivity index is 1.38. The highest BCUT2D eigenvalue weighted by Crippen LogP contribution is 2.33. The summed E-state index contributed by atoms with van der Waals surface area (Å²) in [6.45, 7) is 2.91. The fourth-order valence-electron chi connectivity index (χ4n) is 4.60. The minimum atomic E-state index is 0.304. The van der Waals surface area contributed by atoms with Crippen LogP contribution in [-0.4, -0.2) is 47.3 Å². The summed E-state index contributed by atoms with van der Waals surface area (Å²) in [5.41, 5.74) is 3.84. The van der Waals surface area contributed by atoms with Crippen molar-refractivity contribution < 1.29 is 4.74 Å². The zero-order chi connectivity index (χ0) is 20.5. The lowest BCUT2D eigenvalue weighted by Crippen LogP contribution is -2.33. The Morgan fingerprint density at radius 1 is 1.23 bits per heavy atom. The molecule has 1 saturated heterocycles. The summed E-state index contributed by atoms with van der Waals surface area (Å²) in [4.78, 5) is 7.09. The van der Waals surface area contributed by atoms with Gasteiger partial charge in [0.1, 0.15) is 0 Å². The molecule has 0 aliphatic carbocycles. The standard InChI is InChI=1S/C24H28N4OS/c1-27-16-21(20-5-3-4-6-23(20)27)24(28-12-10-18(15-28)29-2)14-26-30-19-8-7-17-9-11-25-22(17)13-19/h3-9,11,13,16,18,24-26H,10,12,14-15H2,1-2H3. The Hall–Kier alpha value is -2.25. The molecule has 5 rings (SSSR count). The molecule has 1 aliphatic rings. The Morgan fingerprint density at radius 2 is 2.13 bits per heavy atom. The van der Waals surface area contributed by atoms with Crippen LogP contribution < -0.4 is 4.72 Å². The molecular formula is C24H28N4OS. The molecule has 6 heteroatoms. The Morgan fingerprint density at radius 3 is 3.00 bits per heavy atom. The van der Waals surface area contributed by atoms with Crippen molar-refractivity contribution in [3.05, 3.63) is 66.5 Å². The molecule has 2 atom stereocenters. The number of para-hydroxylation sites is 1. The predicted molar refractivity (Wildman–Crippen MR) is 125 cm³/mol. The lowest BCUT2D eigenvalue weighted by Gasteiger charge is -2.28. The van der Waals surface area contributed by atoms with Gasteiger partial charge < -0.3 is 14.3 Å². The third-order valence-corrected chi connectivity index (χ3v) is 7.03. The molecule has 30 heavy (non-hydrogen) atoms. The molecular weight excluding hydrogens is 392 g/mol. The zero-order valence-electron chi connectivity index (χ0n) is 17.5. The monoisotopic (exact) mass is 420 g/mol. The third-order valence-electron chi connectivity index (χ3n) is 6.23. The summed E-state index contributed by atoms with van der Waals surface area (Å²) < 4.78 is 11.5. The minimum absolute atomic E-state index is 0.304. The molecule has 2 aromatic heterocycles. The fourth-order valence-corrected chi connectivity index (χ4v) is 5.32. The average Bonchev–Trinajstić information content (AvgIpc) is 3.50. The van der Waals surface area contributed by atoms with Crippen molar-refractivity contribution in [3.63, 3.8) is 0 Å². The number of nitrogens with one attached hydrogen (secondary N) is 2. The summed E-state index contributed by atoms with van der Waals surface area (Å²) in [6.07, 6.45) is 5.70. The minimum Gasteiger partial charge on any atom is -0.380 e. The predicted octanol–water partition coefficient (Wildman–Crippen LogP) is 4.72. The number of aromatic nitrogens is 2. The quantitative estimate of drug-likeness (QED) is 0.425. The first-order chi connectivity index (χ1) is 14.7. The number of fused-ring (bicyclic) bond motifs is 2. The first-order valence-electron chi connectivity index (χ1n) is 10.5. The van der Waals surface area contributed by atoms with Crippen molar-refractivity contribution in [2.75, 3.05) is 26.7 Å². The summed E-state index contributed by atoms with van der Waals surface area (Å²) in [6, 6.07) is 17.7. The lowest BCUT2D eigenvalue weighted by atomic mass is 10.0. The van der Waals surface area contributed by atoms with E-state index in [1.165, 1.54) is 32.3 Å². The molecule has 0 radical (unpaired) electrons. The molecule has 2 unspecified atom stereocenters. The van der Waals surface area contributed by atoms with Gasteiger partial charge in [-0.2, -0.15) is 0 Å². The molecule has 0 bridgehead atoms. The van der Waals surface area contributed by atoms with E-state index in [-0.39, 0.29) is 0 Å². The molecule has 1 fully saturated rings. The van der Waals surface area contributed by atoms with Crippen LogP contribution in [0.3, 0.4) is 0 Å². The molecule has 2 aromatic carbocycles. The van der Waals surface area contributed by atoms with Crippen molar-refractivity contribution >= 4 is 33.8 Å². The second-order valence-corrected chi connectivity index (χ2v) is 9.01. The molecule has 0 spiro atoms. The van der Waals surface area contributed by atoms with E-state index in [1.807, 2.05) is 13.3 Å². The van der Waals surface area contributed by atoms with Gasteiger partial charge in [-0.25, -0.2) is 0 Å². The summed E-state index contributed by atoms with van der Waals surface area (Å²) in [5, 5.41) is 2.58. The summed E-state index contributed by atoms with van der Waals surface area (Å²) in [7, 11) is 3.96. The number of hydrogen-bond acceptors (Lipinski definition) is 4. The van der Waals surface area contributed by atoms with E-state index in [9.17, 15) is 0 Å². The molecule has 3 heterocycles. The van der Waals surface area contributed by atoms with Crippen LogP contribution in [0.4, 0.5) is 0 Å². The van der Waals surface area contributed by atoms with Gasteiger partial charge in [-0.3, -0.25) is 9.62 Å². The summed E-state index contributed by atoms with van der Waals surface area (Å²) >= 11 is 1.70. The fraction of sp³-hybridized carbons (Fsp3) is 0.333. The zero-order valence-corrected chi connectivity index (χ0v) is 18.3. The number of rotatable bonds is 7. The van der Waals surface area contributed by atoms with Gasteiger partial charge >= 0.3 is 0 Å². The maximum absolute atomic E-state index is 5.65. The van der Waals surface area contributed by atoms with Crippen LogP contribution >= 0.6 is 11.9 Å². The van der Waals surface area contributed by atoms with Gasteiger partial charge in [0.05, 0.1) is 12.1 Å². The molecule has 156 valence electrons. The van der Waals surface area contributed by atoms with Gasteiger partial charge in [-0.05, 0) is 53.6 Å². The van der Waals surface area contributed by atoms with E-state index >= 15 is 0 Å². The number of H-pyrrole nitrogens is 1. The van der Waals surface area contributed by atoms with Gasteiger partial charge in [-0.15, -0.1) is 0 Å². The van der Waals surface area contributed by atoms with E-state index in [2.05, 4.69) is 80.9 Å². The number of benzene rings is 2. The van der Waals surface area contributed by atoms with Crippen molar-refractivity contribution in [3.8, 4) is 0 Å². The number of aromatic amines is 1. The van der Waals surface area contributed by atoms with Gasteiger partial charge in [0.25, 0.3) is 0 Å². The normalized spacial score (nSPS) is 18.5. The largest absolute Gasteiger partial charge is 0.380 e. The SMILES string of the molecule is COC1CCN(C(CNSc2ccc3cc[nH]c3c2)c2cn(C)c3ccccc23)C1. The Labute approximate surface area is 181 Å². The Bertz CT molecular complexity index is 1150. The van der Waals surface area contributed by atoms with E-state index in [4.69, 9.17) is 4.74 Å². The average molecular weight is 421 g/mol. The second-order valence-electron chi connectivity index (χ2n) is 8.05. The third kappa shape index (κ3) is 3.76. The van der Waals surface area contributed by atoms with E-state index in [0.29, 0.717) is 12.1 Å². The van der Waals surface area contributed by atoms with Crippen molar-refractivity contribution in [1.82, 2.24) is 19.2 Å². The second kappa shape index (κ2) is 8.47. The number of likely N-dealkylation sites (tertiary alicyclic amines) is 1. The first-order valence-corrected chi connectivity index (χ1v) is 11.3. The molecule has 0 saturated carbocycles. The topological polar surface area (TPSA) is 45.2 Å². The molecule has 5 nitrogen and oxygen atoms in total. The van der Waals surface area contributed by atoms with Gasteiger partial charge in [-0.1, -0.05) is 24.3 Å². The maximum Gasteiger partial charge on any atom is 0.0710 e. The van der Waals surface area contributed by atoms with Crippen LogP contribution in [0.15, 0.2) is 65.8 Å². The van der Waals surface area contributed by atoms with E-state index < -0.39 is 0 Å². The van der Waals surface area contributed by atoms with Gasteiger partial charge in [0.2, 0.25) is 0 Å². The number of methoxy groups -OCH3 is 1. The van der Waals surface area contributed by atoms with Gasteiger partial charge in [0, 0.05) is 67.5 Å². The lowest BCUT2D eigenvalue weighted by molar-refractivity contribution is 0.101. The van der Waals surface area contributed by atoms with Crippen LogP contribution in [0.2, 0.25) is 0 Å². The van der Waals surface area contributed by atoms with Crippen LogP contribution in [0.1, 0.15) is 18.0 Å². The van der Waals surface area contributed by atoms with Crippen molar-refractivity contribution in [2.24, 2.45) is 7.05 Å². The number of nitrogens with zero attached hydrogens (tertiary/aromatic N) is 2. The maximum atomic E-state index is 5.65. The Kier molecular flexibility index (Phi) is 5.56. The highest BCUT2D eigenvalue weighted by molar-refractivity contribution is 7.97. The summed E-state index contributed by atoms with van der Waals surface area (Å²) in [5.74, 6) is 0. The molecule has 1 aliphatic heterocycles.